The van der Waals surface area contributed by atoms with Crippen molar-refractivity contribution in [1.82, 2.24) is 9.80 Å². The van der Waals surface area contributed by atoms with Gasteiger partial charge in [0.25, 0.3) is 11.8 Å². The average Bonchev–Trinajstić information content (AvgIpc) is 2.75. The molecule has 0 aliphatic carbocycles. The van der Waals surface area contributed by atoms with E-state index in [2.05, 4.69) is 0 Å². The van der Waals surface area contributed by atoms with Gasteiger partial charge in [0, 0.05) is 26.2 Å². The largest absolute Gasteiger partial charge is 0.493 e. The molecule has 0 N–H and O–H groups in total. The van der Waals surface area contributed by atoms with Crippen molar-refractivity contribution >= 4 is 11.8 Å². The fraction of sp³-hybridized carbons (Fsp3) is 0.300. The highest BCUT2D eigenvalue weighted by molar-refractivity contribution is 5.94. The Morgan fingerprint density at radius 2 is 1.52 bits per heavy atom. The van der Waals surface area contributed by atoms with Crippen LogP contribution in [0.15, 0.2) is 36.4 Å². The highest BCUT2D eigenvalue weighted by Crippen LogP contribution is 2.25. The summed E-state index contributed by atoms with van der Waals surface area (Å²) in [6.07, 6.45) is 0. The normalized spacial score (nSPS) is 13.9. The minimum Gasteiger partial charge on any atom is -0.493 e. The van der Waals surface area contributed by atoms with Crippen LogP contribution in [0.25, 0.3) is 0 Å². The maximum absolute atomic E-state index is 13.8. The summed E-state index contributed by atoms with van der Waals surface area (Å²) in [5.41, 5.74) is -0.539. The Morgan fingerprint density at radius 3 is 2.17 bits per heavy atom. The number of rotatable bonds is 5. The van der Waals surface area contributed by atoms with E-state index in [4.69, 9.17) is 9.47 Å². The topological polar surface area (TPSA) is 59.1 Å². The van der Waals surface area contributed by atoms with Gasteiger partial charge in [-0.2, -0.15) is 0 Å². The fourth-order valence-corrected chi connectivity index (χ4v) is 2.99. The highest BCUT2D eigenvalue weighted by atomic mass is 19.2. The third-order valence-corrected chi connectivity index (χ3v) is 4.61. The number of amides is 2. The van der Waals surface area contributed by atoms with Gasteiger partial charge in [0.05, 0.1) is 12.7 Å². The van der Waals surface area contributed by atoms with Crippen molar-refractivity contribution in [1.29, 1.82) is 0 Å². The van der Waals surface area contributed by atoms with Gasteiger partial charge < -0.3 is 19.3 Å². The maximum Gasteiger partial charge on any atom is 0.260 e. The summed E-state index contributed by atoms with van der Waals surface area (Å²) < 4.78 is 50.9. The van der Waals surface area contributed by atoms with E-state index in [-0.39, 0.29) is 38.7 Å². The average molecular weight is 408 g/mol. The molecule has 29 heavy (non-hydrogen) atoms. The van der Waals surface area contributed by atoms with Gasteiger partial charge in [-0.05, 0) is 24.3 Å². The van der Waals surface area contributed by atoms with Crippen LogP contribution in [0.1, 0.15) is 10.4 Å². The van der Waals surface area contributed by atoms with E-state index in [1.165, 1.54) is 16.9 Å². The molecule has 0 radical (unpaired) electrons. The molecule has 1 aliphatic rings. The molecule has 0 unspecified atom stereocenters. The Hall–Kier alpha value is -3.23. The zero-order valence-corrected chi connectivity index (χ0v) is 15.7. The number of nitrogens with zero attached hydrogens (tertiary/aromatic N) is 2. The first-order valence-corrected chi connectivity index (χ1v) is 8.88. The minimum absolute atomic E-state index is 0.137. The zero-order valence-electron chi connectivity index (χ0n) is 15.7. The van der Waals surface area contributed by atoms with Crippen LogP contribution < -0.4 is 9.47 Å². The molecule has 6 nitrogen and oxygen atoms in total. The van der Waals surface area contributed by atoms with Crippen molar-refractivity contribution in [3.8, 4) is 11.5 Å². The lowest BCUT2D eigenvalue weighted by atomic mass is 10.1. The molecule has 0 saturated carbocycles. The molecule has 1 aliphatic heterocycles. The Balaban J connectivity index is 1.55. The lowest BCUT2D eigenvalue weighted by Gasteiger charge is -2.34. The maximum atomic E-state index is 13.8. The zero-order chi connectivity index (χ0) is 21.0. The summed E-state index contributed by atoms with van der Waals surface area (Å²) >= 11 is 0. The Bertz CT molecular complexity index is 915. The van der Waals surface area contributed by atoms with E-state index >= 15 is 0 Å². The van der Waals surface area contributed by atoms with E-state index < -0.39 is 28.9 Å². The van der Waals surface area contributed by atoms with Crippen LogP contribution in [-0.4, -0.2) is 61.5 Å². The number of hydrogen-bond acceptors (Lipinski definition) is 4. The molecule has 1 heterocycles. The van der Waals surface area contributed by atoms with Crippen molar-refractivity contribution in [2.75, 3.05) is 39.9 Å². The summed E-state index contributed by atoms with van der Waals surface area (Å²) in [6.45, 7) is 0.498. The van der Waals surface area contributed by atoms with E-state index in [1.54, 1.807) is 24.3 Å². The van der Waals surface area contributed by atoms with Crippen molar-refractivity contribution in [2.24, 2.45) is 0 Å². The molecule has 3 rings (SSSR count). The van der Waals surface area contributed by atoms with Crippen LogP contribution in [0.3, 0.4) is 0 Å². The van der Waals surface area contributed by atoms with Gasteiger partial charge in [-0.3, -0.25) is 9.59 Å². The molecule has 1 saturated heterocycles. The van der Waals surface area contributed by atoms with Crippen LogP contribution in [-0.2, 0) is 4.79 Å². The van der Waals surface area contributed by atoms with Gasteiger partial charge in [-0.25, -0.2) is 13.2 Å². The summed E-state index contributed by atoms with van der Waals surface area (Å²) in [6, 6.07) is 8.54. The molecule has 0 bridgehead atoms. The standard InChI is InChI=1S/C20H19F3N2O4/c1-28-15-4-2-3-5-16(15)29-12-17(26)24-8-10-25(11-9-24)20(27)13-6-7-14(21)19(23)18(13)22/h2-7H,8-12H2,1H3. The molecule has 2 amide bonds. The lowest BCUT2D eigenvalue weighted by Crippen LogP contribution is -2.51. The second-order valence-corrected chi connectivity index (χ2v) is 6.34. The molecule has 154 valence electrons. The van der Waals surface area contributed by atoms with E-state index in [1.807, 2.05) is 0 Å². The van der Waals surface area contributed by atoms with Crippen molar-refractivity contribution < 1.29 is 32.2 Å². The van der Waals surface area contributed by atoms with Gasteiger partial charge in [-0.15, -0.1) is 0 Å². The third-order valence-electron chi connectivity index (χ3n) is 4.61. The number of piperazine rings is 1. The predicted molar refractivity (Wildman–Crippen MR) is 97.3 cm³/mol. The number of halogens is 3. The Labute approximate surface area is 165 Å². The summed E-state index contributed by atoms with van der Waals surface area (Å²) in [7, 11) is 1.50. The first-order valence-electron chi connectivity index (χ1n) is 8.88. The number of benzene rings is 2. The highest BCUT2D eigenvalue weighted by Gasteiger charge is 2.28. The fourth-order valence-electron chi connectivity index (χ4n) is 2.99. The monoisotopic (exact) mass is 408 g/mol. The quantitative estimate of drug-likeness (QED) is 0.714. The second-order valence-electron chi connectivity index (χ2n) is 6.34. The number of hydrogen-bond donors (Lipinski definition) is 0. The SMILES string of the molecule is COc1ccccc1OCC(=O)N1CCN(C(=O)c2ccc(F)c(F)c2F)CC1. The van der Waals surface area contributed by atoms with E-state index in [9.17, 15) is 22.8 Å². The molecule has 0 atom stereocenters. The van der Waals surface area contributed by atoms with Crippen LogP contribution >= 0.6 is 0 Å². The first-order chi connectivity index (χ1) is 13.9. The number of para-hydroxylation sites is 2. The molecule has 9 heteroatoms. The van der Waals surface area contributed by atoms with E-state index in [0.717, 1.165) is 6.07 Å². The second kappa shape index (κ2) is 8.85. The Kier molecular flexibility index (Phi) is 6.26. The number of carbonyl (C=O) groups is 2. The molecule has 2 aromatic carbocycles. The summed E-state index contributed by atoms with van der Waals surface area (Å²) in [4.78, 5) is 27.6. The van der Waals surface area contributed by atoms with Crippen molar-refractivity contribution in [3.63, 3.8) is 0 Å². The molecule has 0 spiro atoms. The minimum atomic E-state index is -1.68. The van der Waals surface area contributed by atoms with Crippen molar-refractivity contribution in [3.05, 3.63) is 59.4 Å². The summed E-state index contributed by atoms with van der Waals surface area (Å²) in [5, 5.41) is 0. The van der Waals surface area contributed by atoms with Crippen LogP contribution in [0.4, 0.5) is 13.2 Å². The molecular weight excluding hydrogens is 389 g/mol. The van der Waals surface area contributed by atoms with Crippen LogP contribution in [0.5, 0.6) is 11.5 Å². The predicted octanol–water partition coefficient (Wildman–Crippen LogP) is 2.48. The van der Waals surface area contributed by atoms with Gasteiger partial charge in [-0.1, -0.05) is 12.1 Å². The van der Waals surface area contributed by atoms with Crippen LogP contribution in [0, 0.1) is 17.5 Å². The van der Waals surface area contributed by atoms with Gasteiger partial charge in [0.2, 0.25) is 0 Å². The van der Waals surface area contributed by atoms with Gasteiger partial charge in [0.1, 0.15) is 0 Å². The molecule has 2 aromatic rings. The van der Waals surface area contributed by atoms with Crippen molar-refractivity contribution in [2.45, 2.75) is 0 Å². The molecular formula is C20H19F3N2O4. The third kappa shape index (κ3) is 4.44. The Morgan fingerprint density at radius 1 is 0.897 bits per heavy atom. The van der Waals surface area contributed by atoms with Gasteiger partial charge >= 0.3 is 0 Å². The van der Waals surface area contributed by atoms with Crippen LogP contribution in [0.2, 0.25) is 0 Å². The smallest absolute Gasteiger partial charge is 0.260 e. The first kappa shape index (κ1) is 20.5. The molecule has 0 aromatic heterocycles. The summed E-state index contributed by atoms with van der Waals surface area (Å²) in [5.74, 6) is -4.64. The number of ether oxygens (including phenoxy) is 2. The lowest BCUT2D eigenvalue weighted by molar-refractivity contribution is -0.134. The molecule has 1 fully saturated rings. The van der Waals surface area contributed by atoms with Gasteiger partial charge in [0.15, 0.2) is 35.6 Å². The number of methoxy groups -OCH3 is 1. The van der Waals surface area contributed by atoms with E-state index in [0.29, 0.717) is 17.6 Å². The number of carbonyl (C=O) groups excluding carboxylic acids is 2.